The first-order chi connectivity index (χ1) is 18.8. The van der Waals surface area contributed by atoms with Crippen molar-refractivity contribution in [1.29, 1.82) is 0 Å². The van der Waals surface area contributed by atoms with E-state index < -0.39 is 6.04 Å². The molecule has 2 heterocycles. The maximum atomic E-state index is 13.9. The molecule has 2 aromatic carbocycles. The molecule has 8 nitrogen and oxygen atoms in total. The average Bonchev–Trinajstić information content (AvgIpc) is 3.30. The van der Waals surface area contributed by atoms with Crippen LogP contribution in [0.4, 0.5) is 11.6 Å². The molecular weight excluding hydrogens is 578 g/mol. The number of amides is 1. The van der Waals surface area contributed by atoms with Gasteiger partial charge >= 0.3 is 0 Å². The van der Waals surface area contributed by atoms with Gasteiger partial charge in [-0.1, -0.05) is 50.6 Å². The molecule has 3 aromatic rings. The number of hydrogen-bond donors (Lipinski definition) is 2. The Bertz CT molecular complexity index is 1390. The predicted molar refractivity (Wildman–Crippen MR) is 161 cm³/mol. The number of carbonyl (C=O) groups excluding carboxylic acids is 1. The molecule has 1 unspecified atom stereocenters. The first-order valence-corrected chi connectivity index (χ1v) is 15.0. The van der Waals surface area contributed by atoms with E-state index in [1.807, 2.05) is 51.1 Å². The van der Waals surface area contributed by atoms with E-state index >= 15 is 0 Å². The van der Waals surface area contributed by atoms with Crippen LogP contribution in [0.1, 0.15) is 62.8 Å². The number of hydrogen-bond acceptors (Lipinski definition) is 7. The van der Waals surface area contributed by atoms with Crippen molar-refractivity contribution < 1.29 is 14.3 Å². The lowest BCUT2D eigenvalue weighted by Crippen LogP contribution is -2.31. The summed E-state index contributed by atoms with van der Waals surface area (Å²) >= 11 is 5.25. The van der Waals surface area contributed by atoms with E-state index in [4.69, 9.17) is 14.6 Å². The monoisotopic (exact) mass is 613 g/mol. The van der Waals surface area contributed by atoms with Gasteiger partial charge in [-0.05, 0) is 83.8 Å². The number of methoxy groups -OCH3 is 1. The van der Waals surface area contributed by atoms with Crippen LogP contribution in [-0.4, -0.2) is 40.1 Å². The summed E-state index contributed by atoms with van der Waals surface area (Å²) in [5, 5.41) is 11.9. The molecule has 0 aliphatic carbocycles. The van der Waals surface area contributed by atoms with E-state index in [0.29, 0.717) is 40.5 Å². The number of anilines is 2. The van der Waals surface area contributed by atoms with E-state index in [2.05, 4.69) is 45.4 Å². The number of benzene rings is 2. The molecule has 1 aliphatic heterocycles. The highest BCUT2D eigenvalue weighted by Gasteiger charge is 2.35. The molecule has 0 radical (unpaired) electrons. The minimum atomic E-state index is -0.538. The van der Waals surface area contributed by atoms with E-state index in [1.165, 1.54) is 0 Å². The van der Waals surface area contributed by atoms with Gasteiger partial charge in [0.2, 0.25) is 11.1 Å². The lowest BCUT2D eigenvalue weighted by Gasteiger charge is -2.29. The second-order valence-corrected chi connectivity index (χ2v) is 11.5. The summed E-state index contributed by atoms with van der Waals surface area (Å²) in [4.78, 5) is 18.6. The van der Waals surface area contributed by atoms with Crippen LogP contribution in [-0.2, 0) is 4.79 Å². The third kappa shape index (κ3) is 6.27. The normalized spacial score (nSPS) is 14.6. The van der Waals surface area contributed by atoms with E-state index in [1.54, 1.807) is 23.6 Å². The first-order valence-electron chi connectivity index (χ1n) is 13.2. The van der Waals surface area contributed by atoms with Gasteiger partial charge in [0.05, 0.1) is 23.8 Å². The van der Waals surface area contributed by atoms with Crippen LogP contribution < -0.4 is 20.1 Å². The van der Waals surface area contributed by atoms with Gasteiger partial charge in [0.1, 0.15) is 6.04 Å². The molecule has 1 aliphatic rings. The minimum Gasteiger partial charge on any atom is -0.493 e. The van der Waals surface area contributed by atoms with Gasteiger partial charge in [-0.3, -0.25) is 4.79 Å². The zero-order valence-electron chi connectivity index (χ0n) is 23.4. The second kappa shape index (κ2) is 12.9. The Morgan fingerprint density at radius 1 is 1.21 bits per heavy atom. The number of aryl methyl sites for hydroxylation is 1. The van der Waals surface area contributed by atoms with Gasteiger partial charge in [-0.15, -0.1) is 5.10 Å². The Morgan fingerprint density at radius 3 is 2.72 bits per heavy atom. The molecule has 0 spiro atoms. The average molecular weight is 615 g/mol. The first kappa shape index (κ1) is 29.0. The molecule has 1 atom stereocenters. The Labute approximate surface area is 243 Å². The van der Waals surface area contributed by atoms with Crippen LogP contribution in [0.5, 0.6) is 11.5 Å². The summed E-state index contributed by atoms with van der Waals surface area (Å²) in [6.45, 7) is 10.8. The van der Waals surface area contributed by atoms with Crippen LogP contribution in [0, 0.1) is 13.8 Å². The van der Waals surface area contributed by atoms with E-state index in [9.17, 15) is 4.79 Å². The number of thioether (sulfide) groups is 1. The van der Waals surface area contributed by atoms with Gasteiger partial charge in [0.25, 0.3) is 5.91 Å². The molecule has 4 rings (SSSR count). The summed E-state index contributed by atoms with van der Waals surface area (Å²) in [6.07, 6.45) is 3.18. The third-order valence-electron chi connectivity index (χ3n) is 6.77. The highest BCUT2D eigenvalue weighted by atomic mass is 79.9. The highest BCUT2D eigenvalue weighted by molar-refractivity contribution is 9.10. The number of unbranched alkanes of at least 4 members (excludes halogenated alkanes) is 2. The van der Waals surface area contributed by atoms with Gasteiger partial charge in [-0.2, -0.15) is 4.98 Å². The largest absolute Gasteiger partial charge is 0.493 e. The maximum absolute atomic E-state index is 13.9. The molecule has 39 heavy (non-hydrogen) atoms. The van der Waals surface area contributed by atoms with Gasteiger partial charge in [-0.25, -0.2) is 4.68 Å². The molecular formula is C29H36BrN5O3S. The second-order valence-electron chi connectivity index (χ2n) is 9.45. The third-order valence-corrected chi connectivity index (χ3v) is 8.07. The van der Waals surface area contributed by atoms with Crippen molar-refractivity contribution in [2.24, 2.45) is 0 Å². The summed E-state index contributed by atoms with van der Waals surface area (Å²) in [5.41, 5.74) is 5.00. The van der Waals surface area contributed by atoms with Crippen molar-refractivity contribution in [3.05, 3.63) is 62.8 Å². The van der Waals surface area contributed by atoms with E-state index in [-0.39, 0.29) is 5.91 Å². The van der Waals surface area contributed by atoms with Crippen LogP contribution in [0.2, 0.25) is 0 Å². The quantitative estimate of drug-likeness (QED) is 0.173. The summed E-state index contributed by atoms with van der Waals surface area (Å²) in [6, 6.07) is 9.26. The SMILES string of the molecule is CCCCCOc1c(Br)cc(C2C(C(=O)Nc3cccc(C)c3C)=C(C)Nc3nc(SCC)nn32)cc1OC. The summed E-state index contributed by atoms with van der Waals surface area (Å²) in [7, 11) is 1.62. The van der Waals surface area contributed by atoms with Crippen LogP contribution in [0.3, 0.4) is 0 Å². The molecule has 2 N–H and O–H groups in total. The number of ether oxygens (including phenoxy) is 2. The highest BCUT2D eigenvalue weighted by Crippen LogP contribution is 2.43. The van der Waals surface area contributed by atoms with E-state index in [0.717, 1.165) is 51.9 Å². The maximum Gasteiger partial charge on any atom is 0.255 e. The number of rotatable bonds is 11. The molecule has 208 valence electrons. The Balaban J connectivity index is 1.79. The Morgan fingerprint density at radius 2 is 2.00 bits per heavy atom. The number of carbonyl (C=O) groups is 1. The fourth-order valence-corrected chi connectivity index (χ4v) is 5.69. The summed E-state index contributed by atoms with van der Waals surface area (Å²) < 4.78 is 14.4. The summed E-state index contributed by atoms with van der Waals surface area (Å²) in [5.74, 6) is 2.45. The molecule has 0 fully saturated rings. The fraction of sp³-hybridized carbons (Fsp3) is 0.414. The van der Waals surface area contributed by atoms with Crippen molar-refractivity contribution in [2.75, 3.05) is 30.1 Å². The number of nitrogens with one attached hydrogen (secondary N) is 2. The fourth-order valence-electron chi connectivity index (χ4n) is 4.56. The number of halogens is 1. The standard InChI is InChI=1S/C29H36BrN5O3S/c1-7-9-10-14-38-26-21(30)15-20(16-23(26)37-6)25-24(27(36)32-22-13-11-12-17(3)18(22)4)19(5)31-28-33-29(39-8-2)34-35(25)28/h11-13,15-16,25H,7-10,14H2,1-6H3,(H,32,36)(H,31,33,34). The van der Waals surface area contributed by atoms with Gasteiger partial charge < -0.3 is 20.1 Å². The van der Waals surface area contributed by atoms with Gasteiger partial charge in [0.15, 0.2) is 11.5 Å². The molecule has 1 aromatic heterocycles. The molecule has 0 saturated heterocycles. The van der Waals surface area contributed by atoms with Crippen molar-refractivity contribution in [3.8, 4) is 11.5 Å². The zero-order chi connectivity index (χ0) is 28.1. The number of nitrogens with zero attached hydrogens (tertiary/aromatic N) is 3. The molecule has 10 heteroatoms. The van der Waals surface area contributed by atoms with Crippen molar-refractivity contribution in [3.63, 3.8) is 0 Å². The molecule has 0 saturated carbocycles. The van der Waals surface area contributed by atoms with Gasteiger partial charge in [0, 0.05) is 11.4 Å². The molecule has 0 bridgehead atoms. The minimum absolute atomic E-state index is 0.209. The predicted octanol–water partition coefficient (Wildman–Crippen LogP) is 7.27. The number of aromatic nitrogens is 3. The zero-order valence-corrected chi connectivity index (χ0v) is 25.8. The van der Waals surface area contributed by atoms with Crippen LogP contribution in [0.15, 0.2) is 51.2 Å². The Hall–Kier alpha value is -2.98. The lowest BCUT2D eigenvalue weighted by molar-refractivity contribution is -0.113. The van der Waals surface area contributed by atoms with Crippen molar-refractivity contribution >= 4 is 45.2 Å². The topological polar surface area (TPSA) is 90.3 Å². The Kier molecular flexibility index (Phi) is 9.61. The van der Waals surface area contributed by atoms with Crippen LogP contribution in [0.25, 0.3) is 0 Å². The van der Waals surface area contributed by atoms with Crippen molar-refractivity contribution in [1.82, 2.24) is 14.8 Å². The van der Waals surface area contributed by atoms with Crippen LogP contribution >= 0.6 is 27.7 Å². The number of fused-ring (bicyclic) bond motifs is 1. The number of allylic oxidation sites excluding steroid dienone is 1. The smallest absolute Gasteiger partial charge is 0.255 e. The molecule has 1 amide bonds. The lowest BCUT2D eigenvalue weighted by atomic mass is 9.94. The van der Waals surface area contributed by atoms with Crippen molar-refractivity contribution in [2.45, 2.75) is 65.1 Å².